The van der Waals surface area contributed by atoms with Gasteiger partial charge in [0.05, 0.1) is 18.2 Å². The zero-order valence-electron chi connectivity index (χ0n) is 15.8. The van der Waals surface area contributed by atoms with Crippen molar-refractivity contribution in [2.45, 2.75) is 26.2 Å². The molecule has 0 heterocycles. The van der Waals surface area contributed by atoms with Crippen molar-refractivity contribution in [1.29, 1.82) is 5.26 Å². The van der Waals surface area contributed by atoms with Crippen LogP contribution in [-0.2, 0) is 22.7 Å². The van der Waals surface area contributed by atoms with E-state index in [9.17, 15) is 4.79 Å². The summed E-state index contributed by atoms with van der Waals surface area (Å²) in [6.07, 6.45) is -0.725. The third kappa shape index (κ3) is 5.29. The van der Waals surface area contributed by atoms with Gasteiger partial charge in [-0.05, 0) is 35.7 Å². The van der Waals surface area contributed by atoms with E-state index in [-0.39, 0.29) is 12.5 Å². The number of rotatable bonds is 7. The molecule has 0 radical (unpaired) electrons. The van der Waals surface area contributed by atoms with Crippen LogP contribution < -0.4 is 5.32 Å². The second-order valence-corrected chi connectivity index (χ2v) is 6.62. The van der Waals surface area contributed by atoms with Crippen LogP contribution in [0, 0.1) is 18.3 Å². The molecule has 0 bridgehead atoms. The molecular weight excluding hydrogens is 348 g/mol. The topological polar surface area (TPSA) is 62.1 Å². The molecule has 0 saturated carbocycles. The van der Waals surface area contributed by atoms with E-state index in [1.165, 1.54) is 5.56 Å². The monoisotopic (exact) mass is 370 g/mol. The molecule has 1 amide bonds. The van der Waals surface area contributed by atoms with E-state index in [1.54, 1.807) is 12.1 Å². The van der Waals surface area contributed by atoms with Crippen LogP contribution in [0.1, 0.15) is 33.9 Å². The second kappa shape index (κ2) is 9.50. The van der Waals surface area contributed by atoms with Crippen molar-refractivity contribution >= 4 is 5.91 Å². The van der Waals surface area contributed by atoms with E-state index < -0.39 is 6.10 Å². The smallest absolute Gasteiger partial charge is 0.254 e. The molecular formula is C24H22N2O2. The highest BCUT2D eigenvalue weighted by atomic mass is 16.5. The molecule has 0 aliphatic rings. The molecule has 1 N–H and O–H groups in total. The lowest BCUT2D eigenvalue weighted by molar-refractivity contribution is -0.134. The van der Waals surface area contributed by atoms with Gasteiger partial charge in [0.25, 0.3) is 5.91 Å². The van der Waals surface area contributed by atoms with Gasteiger partial charge in [-0.1, -0.05) is 72.3 Å². The van der Waals surface area contributed by atoms with Crippen LogP contribution in [0.15, 0.2) is 78.9 Å². The molecule has 0 saturated heterocycles. The number of hydrogen-bond acceptors (Lipinski definition) is 3. The standard InChI is InChI=1S/C24H22N2O2/c1-18-10-12-19(13-11-18)16-26-24(27)23(22-8-3-2-4-9-22)28-17-21-7-5-6-20(14-21)15-25/h2-14,23H,16-17H2,1H3,(H,26,27). The summed E-state index contributed by atoms with van der Waals surface area (Å²) in [4.78, 5) is 12.8. The predicted octanol–water partition coefficient (Wildman–Crippen LogP) is 4.44. The molecule has 0 aliphatic heterocycles. The number of carbonyl (C=O) groups is 1. The maximum Gasteiger partial charge on any atom is 0.254 e. The molecule has 3 aromatic carbocycles. The first-order valence-electron chi connectivity index (χ1n) is 9.14. The Morgan fingerprint density at radius 1 is 1.00 bits per heavy atom. The highest BCUT2D eigenvalue weighted by molar-refractivity contribution is 5.82. The van der Waals surface area contributed by atoms with Crippen LogP contribution in [0.3, 0.4) is 0 Å². The first-order chi connectivity index (χ1) is 13.7. The third-order valence-electron chi connectivity index (χ3n) is 4.40. The number of nitriles is 1. The van der Waals surface area contributed by atoms with E-state index >= 15 is 0 Å². The van der Waals surface area contributed by atoms with Gasteiger partial charge in [0.1, 0.15) is 0 Å². The molecule has 140 valence electrons. The van der Waals surface area contributed by atoms with Crippen LogP contribution >= 0.6 is 0 Å². The van der Waals surface area contributed by atoms with Crippen molar-refractivity contribution in [2.75, 3.05) is 0 Å². The van der Waals surface area contributed by atoms with Gasteiger partial charge in [-0.2, -0.15) is 5.26 Å². The zero-order valence-corrected chi connectivity index (χ0v) is 15.8. The quantitative estimate of drug-likeness (QED) is 0.669. The van der Waals surface area contributed by atoms with Crippen LogP contribution in [0.25, 0.3) is 0 Å². The molecule has 1 atom stereocenters. The molecule has 3 aromatic rings. The van der Waals surface area contributed by atoms with Crippen LogP contribution in [0.5, 0.6) is 0 Å². The summed E-state index contributed by atoms with van der Waals surface area (Å²) >= 11 is 0. The molecule has 28 heavy (non-hydrogen) atoms. The van der Waals surface area contributed by atoms with Gasteiger partial charge < -0.3 is 10.1 Å². The maximum atomic E-state index is 12.8. The van der Waals surface area contributed by atoms with E-state index in [1.807, 2.05) is 73.7 Å². The zero-order chi connectivity index (χ0) is 19.8. The lowest BCUT2D eigenvalue weighted by Gasteiger charge is -2.18. The van der Waals surface area contributed by atoms with Gasteiger partial charge in [0.15, 0.2) is 6.10 Å². The summed E-state index contributed by atoms with van der Waals surface area (Å²) in [5, 5.41) is 12.0. The van der Waals surface area contributed by atoms with Gasteiger partial charge in [0.2, 0.25) is 0 Å². The molecule has 4 nitrogen and oxygen atoms in total. The van der Waals surface area contributed by atoms with Crippen LogP contribution in [0.4, 0.5) is 0 Å². The Kier molecular flexibility index (Phi) is 6.56. The first kappa shape index (κ1) is 19.3. The van der Waals surface area contributed by atoms with Crippen LogP contribution in [-0.4, -0.2) is 5.91 Å². The minimum absolute atomic E-state index is 0.191. The molecule has 3 rings (SSSR count). The Morgan fingerprint density at radius 3 is 2.46 bits per heavy atom. The third-order valence-corrected chi connectivity index (χ3v) is 4.40. The Labute approximate surface area is 165 Å². The van der Waals surface area contributed by atoms with Crippen molar-refractivity contribution in [1.82, 2.24) is 5.32 Å². The summed E-state index contributed by atoms with van der Waals surface area (Å²) in [7, 11) is 0. The van der Waals surface area contributed by atoms with Crippen molar-refractivity contribution in [2.24, 2.45) is 0 Å². The Balaban J connectivity index is 1.70. The summed E-state index contributed by atoms with van der Waals surface area (Å²) in [6, 6.07) is 26.8. The van der Waals surface area contributed by atoms with Crippen molar-refractivity contribution in [3.05, 3.63) is 107 Å². The van der Waals surface area contributed by atoms with Gasteiger partial charge >= 0.3 is 0 Å². The van der Waals surface area contributed by atoms with Gasteiger partial charge in [-0.3, -0.25) is 4.79 Å². The molecule has 0 fully saturated rings. The van der Waals surface area contributed by atoms with E-state index in [0.29, 0.717) is 12.1 Å². The van der Waals surface area contributed by atoms with Crippen molar-refractivity contribution < 1.29 is 9.53 Å². The fourth-order valence-electron chi connectivity index (χ4n) is 2.85. The molecule has 1 unspecified atom stereocenters. The molecule has 0 aliphatic carbocycles. The normalized spacial score (nSPS) is 11.4. The van der Waals surface area contributed by atoms with E-state index in [2.05, 4.69) is 11.4 Å². The first-order valence-corrected chi connectivity index (χ1v) is 9.14. The lowest BCUT2D eigenvalue weighted by Crippen LogP contribution is -2.30. The van der Waals surface area contributed by atoms with Crippen molar-refractivity contribution in [3.8, 4) is 6.07 Å². The van der Waals surface area contributed by atoms with Crippen molar-refractivity contribution in [3.63, 3.8) is 0 Å². The largest absolute Gasteiger partial charge is 0.359 e. The fourth-order valence-corrected chi connectivity index (χ4v) is 2.85. The average Bonchev–Trinajstić information content (AvgIpc) is 2.74. The number of amides is 1. The molecule has 0 aromatic heterocycles. The fraction of sp³-hybridized carbons (Fsp3) is 0.167. The highest BCUT2D eigenvalue weighted by Gasteiger charge is 2.21. The summed E-state index contributed by atoms with van der Waals surface area (Å²) in [5.41, 5.74) is 4.43. The van der Waals surface area contributed by atoms with Crippen LogP contribution in [0.2, 0.25) is 0 Å². The Bertz CT molecular complexity index is 960. The molecule has 4 heteroatoms. The highest BCUT2D eigenvalue weighted by Crippen LogP contribution is 2.20. The number of ether oxygens (including phenoxy) is 1. The van der Waals surface area contributed by atoms with Gasteiger partial charge in [-0.25, -0.2) is 0 Å². The summed E-state index contributed by atoms with van der Waals surface area (Å²) < 4.78 is 5.96. The number of hydrogen-bond donors (Lipinski definition) is 1. The number of nitrogens with zero attached hydrogens (tertiary/aromatic N) is 1. The number of benzene rings is 3. The average molecular weight is 370 g/mol. The number of carbonyl (C=O) groups excluding carboxylic acids is 1. The van der Waals surface area contributed by atoms with E-state index in [0.717, 1.165) is 16.7 Å². The SMILES string of the molecule is Cc1ccc(CNC(=O)C(OCc2cccc(C#N)c2)c2ccccc2)cc1. The minimum atomic E-state index is -0.725. The summed E-state index contributed by atoms with van der Waals surface area (Å²) in [6.45, 7) is 2.71. The summed E-state index contributed by atoms with van der Waals surface area (Å²) in [5.74, 6) is -0.191. The Morgan fingerprint density at radius 2 is 1.75 bits per heavy atom. The maximum absolute atomic E-state index is 12.8. The Hall–Kier alpha value is -3.42. The minimum Gasteiger partial charge on any atom is -0.359 e. The van der Waals surface area contributed by atoms with Gasteiger partial charge in [0, 0.05) is 6.54 Å². The number of aryl methyl sites for hydroxylation is 1. The lowest BCUT2D eigenvalue weighted by atomic mass is 10.1. The second-order valence-electron chi connectivity index (χ2n) is 6.62. The van der Waals surface area contributed by atoms with E-state index in [4.69, 9.17) is 10.00 Å². The predicted molar refractivity (Wildman–Crippen MR) is 108 cm³/mol. The molecule has 0 spiro atoms. The number of nitrogens with one attached hydrogen (secondary N) is 1. The van der Waals surface area contributed by atoms with Gasteiger partial charge in [-0.15, -0.1) is 0 Å².